The summed E-state index contributed by atoms with van der Waals surface area (Å²) in [6.07, 6.45) is 4.08. The molecule has 0 radical (unpaired) electrons. The van der Waals surface area contributed by atoms with Crippen molar-refractivity contribution in [2.24, 2.45) is 7.05 Å². The van der Waals surface area contributed by atoms with Crippen LogP contribution in [0.25, 0.3) is 0 Å². The van der Waals surface area contributed by atoms with Crippen LogP contribution in [0.5, 0.6) is 0 Å². The van der Waals surface area contributed by atoms with Gasteiger partial charge in [-0.3, -0.25) is 4.79 Å². The third kappa shape index (κ3) is 3.18. The average molecular weight is 345 g/mol. The number of halogens is 1. The SMILES string of the molecule is CCc1nnsc1C(=O)NC(c1ccc(F)cc1)c1nccn1C. The van der Waals surface area contributed by atoms with Crippen molar-refractivity contribution in [2.45, 2.75) is 19.4 Å². The number of amides is 1. The molecule has 0 aliphatic rings. The second kappa shape index (κ2) is 6.88. The lowest BCUT2D eigenvalue weighted by molar-refractivity contribution is 0.0944. The lowest BCUT2D eigenvalue weighted by Gasteiger charge is -2.19. The number of benzene rings is 1. The van der Waals surface area contributed by atoms with Crippen LogP contribution in [0.15, 0.2) is 36.7 Å². The average Bonchev–Trinajstić information content (AvgIpc) is 3.22. The van der Waals surface area contributed by atoms with E-state index in [0.29, 0.717) is 22.8 Å². The van der Waals surface area contributed by atoms with Gasteiger partial charge in [0.1, 0.15) is 22.6 Å². The maximum Gasteiger partial charge on any atom is 0.265 e. The van der Waals surface area contributed by atoms with Gasteiger partial charge in [-0.25, -0.2) is 9.37 Å². The highest BCUT2D eigenvalue weighted by atomic mass is 32.1. The number of aromatic nitrogens is 4. The van der Waals surface area contributed by atoms with Crippen LogP contribution in [0.2, 0.25) is 0 Å². The van der Waals surface area contributed by atoms with E-state index in [1.807, 2.05) is 18.5 Å². The Bertz CT molecular complexity index is 842. The van der Waals surface area contributed by atoms with Crippen LogP contribution in [0.4, 0.5) is 4.39 Å². The fourth-order valence-electron chi connectivity index (χ4n) is 2.42. The van der Waals surface area contributed by atoms with Gasteiger partial charge >= 0.3 is 0 Å². The molecular formula is C16H16FN5OS. The number of nitrogens with one attached hydrogen (secondary N) is 1. The predicted octanol–water partition coefficient (Wildman–Crippen LogP) is 2.49. The van der Waals surface area contributed by atoms with Gasteiger partial charge < -0.3 is 9.88 Å². The number of carbonyl (C=O) groups is 1. The molecule has 1 amide bonds. The second-order valence-corrected chi connectivity index (χ2v) is 6.01. The van der Waals surface area contributed by atoms with E-state index in [2.05, 4.69) is 19.9 Å². The number of imidazole rings is 1. The molecule has 1 aromatic carbocycles. The molecule has 0 bridgehead atoms. The maximum atomic E-state index is 13.2. The molecule has 1 N–H and O–H groups in total. The van der Waals surface area contributed by atoms with Gasteiger partial charge in [-0.15, -0.1) is 5.10 Å². The Morgan fingerprint density at radius 1 is 1.38 bits per heavy atom. The highest BCUT2D eigenvalue weighted by Gasteiger charge is 2.24. The van der Waals surface area contributed by atoms with E-state index in [0.717, 1.165) is 17.1 Å². The molecule has 0 saturated heterocycles. The highest BCUT2D eigenvalue weighted by molar-refractivity contribution is 7.08. The number of nitrogens with zero attached hydrogens (tertiary/aromatic N) is 4. The van der Waals surface area contributed by atoms with Crippen LogP contribution in [-0.2, 0) is 13.5 Å². The first-order valence-electron chi connectivity index (χ1n) is 7.45. The zero-order chi connectivity index (χ0) is 17.1. The lowest BCUT2D eigenvalue weighted by Crippen LogP contribution is -2.31. The Morgan fingerprint density at radius 3 is 2.75 bits per heavy atom. The van der Waals surface area contributed by atoms with E-state index >= 15 is 0 Å². The highest BCUT2D eigenvalue weighted by Crippen LogP contribution is 2.22. The summed E-state index contributed by atoms with van der Waals surface area (Å²) < 4.78 is 18.9. The van der Waals surface area contributed by atoms with Crippen LogP contribution in [0, 0.1) is 5.82 Å². The Balaban J connectivity index is 1.95. The van der Waals surface area contributed by atoms with Crippen LogP contribution in [0.3, 0.4) is 0 Å². The number of hydrogen-bond acceptors (Lipinski definition) is 5. The molecular weight excluding hydrogens is 329 g/mol. The Morgan fingerprint density at radius 2 is 2.12 bits per heavy atom. The summed E-state index contributed by atoms with van der Waals surface area (Å²) in [5.41, 5.74) is 1.41. The van der Waals surface area contributed by atoms with Crippen LogP contribution in [0.1, 0.15) is 39.7 Å². The van der Waals surface area contributed by atoms with Gasteiger partial charge in [0.25, 0.3) is 5.91 Å². The van der Waals surface area contributed by atoms with Crippen molar-refractivity contribution in [2.75, 3.05) is 0 Å². The molecule has 3 aromatic rings. The van der Waals surface area contributed by atoms with Crippen LogP contribution in [-0.4, -0.2) is 25.0 Å². The number of rotatable bonds is 5. The van der Waals surface area contributed by atoms with Gasteiger partial charge in [0.15, 0.2) is 0 Å². The third-order valence-electron chi connectivity index (χ3n) is 3.69. The summed E-state index contributed by atoms with van der Waals surface area (Å²) in [6.45, 7) is 1.92. The van der Waals surface area contributed by atoms with E-state index in [9.17, 15) is 9.18 Å². The summed E-state index contributed by atoms with van der Waals surface area (Å²) >= 11 is 1.06. The van der Waals surface area contributed by atoms with Crippen LogP contribution >= 0.6 is 11.5 Å². The second-order valence-electron chi connectivity index (χ2n) is 5.26. The lowest BCUT2D eigenvalue weighted by atomic mass is 10.1. The molecule has 1 unspecified atom stereocenters. The summed E-state index contributed by atoms with van der Waals surface area (Å²) in [5.74, 6) is 0.0632. The molecule has 2 aromatic heterocycles. The zero-order valence-electron chi connectivity index (χ0n) is 13.2. The van der Waals surface area contributed by atoms with E-state index in [1.165, 1.54) is 12.1 Å². The van der Waals surface area contributed by atoms with Gasteiger partial charge in [-0.05, 0) is 35.6 Å². The molecule has 0 aliphatic heterocycles. The quantitative estimate of drug-likeness (QED) is 0.771. The van der Waals surface area contributed by atoms with Gasteiger partial charge in [0, 0.05) is 19.4 Å². The summed E-state index contributed by atoms with van der Waals surface area (Å²) in [6, 6.07) is 5.51. The first kappa shape index (κ1) is 16.3. The van der Waals surface area contributed by atoms with E-state index < -0.39 is 6.04 Å². The van der Waals surface area contributed by atoms with Gasteiger partial charge in [0.2, 0.25) is 0 Å². The zero-order valence-corrected chi connectivity index (χ0v) is 14.0. The summed E-state index contributed by atoms with van der Waals surface area (Å²) in [5, 5.41) is 6.92. The standard InChI is InChI=1S/C16H16FN5OS/c1-3-12-14(24-21-20-12)16(23)19-13(15-18-8-9-22(15)2)10-4-6-11(17)7-5-10/h4-9,13H,3H2,1-2H3,(H,19,23). The Hall–Kier alpha value is -2.61. The van der Waals surface area contributed by atoms with E-state index in [-0.39, 0.29) is 11.7 Å². The number of hydrogen-bond donors (Lipinski definition) is 1. The predicted molar refractivity (Wildman–Crippen MR) is 88.2 cm³/mol. The molecule has 0 spiro atoms. The van der Waals surface area contributed by atoms with E-state index in [1.54, 1.807) is 24.5 Å². The molecule has 2 heterocycles. The fraction of sp³-hybridized carbons (Fsp3) is 0.250. The van der Waals surface area contributed by atoms with Gasteiger partial charge in [0.05, 0.1) is 5.69 Å². The van der Waals surface area contributed by atoms with E-state index in [4.69, 9.17) is 0 Å². The minimum absolute atomic E-state index is 0.265. The Labute approximate surface area is 142 Å². The molecule has 0 fully saturated rings. The maximum absolute atomic E-state index is 13.2. The van der Waals surface area contributed by atoms with Crippen molar-refractivity contribution < 1.29 is 9.18 Å². The number of carbonyl (C=O) groups excluding carboxylic acids is 1. The monoisotopic (exact) mass is 345 g/mol. The minimum atomic E-state index is -0.495. The first-order chi connectivity index (χ1) is 11.6. The molecule has 124 valence electrons. The molecule has 0 saturated carbocycles. The van der Waals surface area contributed by atoms with Gasteiger partial charge in [-0.2, -0.15) is 0 Å². The topological polar surface area (TPSA) is 72.7 Å². The molecule has 8 heteroatoms. The van der Waals surface area contributed by atoms with Crippen molar-refractivity contribution in [3.63, 3.8) is 0 Å². The fourth-order valence-corrected chi connectivity index (χ4v) is 3.07. The van der Waals surface area contributed by atoms with Gasteiger partial charge in [-0.1, -0.05) is 23.5 Å². The largest absolute Gasteiger partial charge is 0.337 e. The molecule has 0 aliphatic carbocycles. The third-order valence-corrected chi connectivity index (χ3v) is 4.46. The molecule has 1 atom stereocenters. The van der Waals surface area contributed by atoms with Crippen molar-refractivity contribution in [1.82, 2.24) is 24.5 Å². The summed E-state index contributed by atoms with van der Waals surface area (Å²) in [4.78, 5) is 17.5. The molecule has 3 rings (SSSR count). The normalized spacial score (nSPS) is 12.1. The van der Waals surface area contributed by atoms with Crippen molar-refractivity contribution in [3.05, 3.63) is 64.4 Å². The minimum Gasteiger partial charge on any atom is -0.337 e. The van der Waals surface area contributed by atoms with Crippen molar-refractivity contribution in [1.29, 1.82) is 0 Å². The number of aryl methyl sites for hydroxylation is 2. The molecule has 6 nitrogen and oxygen atoms in total. The Kier molecular flexibility index (Phi) is 4.66. The van der Waals surface area contributed by atoms with Crippen molar-refractivity contribution in [3.8, 4) is 0 Å². The van der Waals surface area contributed by atoms with Crippen molar-refractivity contribution >= 4 is 17.4 Å². The molecule has 24 heavy (non-hydrogen) atoms. The smallest absolute Gasteiger partial charge is 0.265 e. The first-order valence-corrected chi connectivity index (χ1v) is 8.22. The summed E-state index contributed by atoms with van der Waals surface area (Å²) in [7, 11) is 1.84. The van der Waals surface area contributed by atoms with Crippen LogP contribution < -0.4 is 5.32 Å².